The van der Waals surface area contributed by atoms with Crippen molar-refractivity contribution < 1.29 is 24.1 Å². The smallest absolute Gasteiger partial charge is 0.315 e. The molecule has 0 fully saturated rings. The number of carbonyl (C=O) groups excluding carboxylic acids is 1. The second-order valence-electron chi connectivity index (χ2n) is 6.25. The van der Waals surface area contributed by atoms with Crippen LogP contribution in [0.4, 0.5) is 4.79 Å². The Kier molecular flexibility index (Phi) is 8.58. The molecule has 2 aromatic rings. The second kappa shape index (κ2) is 11.2. The Hall–Kier alpha value is -2.77. The fourth-order valence-corrected chi connectivity index (χ4v) is 2.67. The summed E-state index contributed by atoms with van der Waals surface area (Å²) in [5, 5.41) is 14.7. The molecule has 0 aliphatic heterocycles. The van der Waals surface area contributed by atoms with E-state index < -0.39 is 0 Å². The molecule has 0 aliphatic carbocycles. The first kappa shape index (κ1) is 21.5. The Bertz CT molecular complexity index is 749. The molecule has 0 aliphatic rings. The van der Waals surface area contributed by atoms with Crippen LogP contribution in [0.15, 0.2) is 42.5 Å². The number of rotatable bonds is 10. The number of methoxy groups -OCH3 is 2. The molecule has 0 saturated heterocycles. The topological polar surface area (TPSA) is 89.1 Å². The molecule has 2 rings (SSSR count). The molecule has 1 atom stereocenters. The van der Waals surface area contributed by atoms with Gasteiger partial charge in [0, 0.05) is 13.1 Å². The molecule has 0 bridgehead atoms. The fourth-order valence-electron chi connectivity index (χ4n) is 2.67. The molecule has 7 nitrogen and oxygen atoms in total. The van der Waals surface area contributed by atoms with Crippen molar-refractivity contribution in [1.29, 1.82) is 0 Å². The Balaban J connectivity index is 1.89. The first-order valence-electron chi connectivity index (χ1n) is 9.09. The van der Waals surface area contributed by atoms with Crippen molar-refractivity contribution in [2.45, 2.75) is 19.6 Å². The van der Waals surface area contributed by atoms with Crippen molar-refractivity contribution in [3.8, 4) is 11.5 Å². The molecule has 152 valence electrons. The van der Waals surface area contributed by atoms with E-state index in [4.69, 9.17) is 19.3 Å². The maximum atomic E-state index is 12.2. The third-order valence-electron chi connectivity index (χ3n) is 4.21. The van der Waals surface area contributed by atoms with E-state index in [-0.39, 0.29) is 25.3 Å². The van der Waals surface area contributed by atoms with Crippen molar-refractivity contribution in [2.75, 3.05) is 34.0 Å². The molecule has 0 unspecified atom stereocenters. The van der Waals surface area contributed by atoms with Gasteiger partial charge in [0.05, 0.1) is 33.5 Å². The van der Waals surface area contributed by atoms with Crippen LogP contribution in [0.25, 0.3) is 0 Å². The zero-order chi connectivity index (χ0) is 20.4. The van der Waals surface area contributed by atoms with Gasteiger partial charge in [-0.15, -0.1) is 0 Å². The van der Waals surface area contributed by atoms with E-state index in [9.17, 15) is 4.79 Å². The van der Waals surface area contributed by atoms with Gasteiger partial charge in [-0.3, -0.25) is 0 Å². The zero-order valence-corrected chi connectivity index (χ0v) is 16.5. The van der Waals surface area contributed by atoms with Crippen LogP contribution >= 0.6 is 0 Å². The van der Waals surface area contributed by atoms with Crippen molar-refractivity contribution in [3.05, 3.63) is 59.2 Å². The minimum Gasteiger partial charge on any atom is -0.493 e. The minimum absolute atomic E-state index is 0.0755. The summed E-state index contributed by atoms with van der Waals surface area (Å²) in [6.07, 6.45) is -0.334. The molecular formula is C21H28N2O5. The normalized spacial score (nSPS) is 11.6. The van der Waals surface area contributed by atoms with Crippen molar-refractivity contribution >= 4 is 6.03 Å². The molecule has 28 heavy (non-hydrogen) atoms. The van der Waals surface area contributed by atoms with Crippen LogP contribution in [0.5, 0.6) is 11.5 Å². The molecule has 0 heterocycles. The van der Waals surface area contributed by atoms with Gasteiger partial charge in [-0.25, -0.2) is 4.79 Å². The number of hydrogen-bond acceptors (Lipinski definition) is 5. The van der Waals surface area contributed by atoms with Gasteiger partial charge < -0.3 is 30.0 Å². The lowest BCUT2D eigenvalue weighted by molar-refractivity contribution is 0.0294. The second-order valence-corrected chi connectivity index (χ2v) is 6.25. The van der Waals surface area contributed by atoms with Gasteiger partial charge in [-0.2, -0.15) is 0 Å². The van der Waals surface area contributed by atoms with E-state index in [2.05, 4.69) is 10.6 Å². The Labute approximate surface area is 165 Å². The number of aliphatic hydroxyl groups excluding tert-OH is 1. The largest absolute Gasteiger partial charge is 0.493 e. The number of carbonyl (C=O) groups is 1. The summed E-state index contributed by atoms with van der Waals surface area (Å²) in [7, 11) is 3.14. The molecule has 0 saturated carbocycles. The summed E-state index contributed by atoms with van der Waals surface area (Å²) in [6.45, 7) is 2.77. The van der Waals surface area contributed by atoms with Crippen molar-refractivity contribution in [1.82, 2.24) is 10.6 Å². The number of ether oxygens (including phenoxy) is 3. The van der Waals surface area contributed by atoms with Crippen LogP contribution < -0.4 is 20.1 Å². The Morgan fingerprint density at radius 3 is 2.39 bits per heavy atom. The summed E-state index contributed by atoms with van der Waals surface area (Å²) in [5.41, 5.74) is 2.98. The summed E-state index contributed by atoms with van der Waals surface area (Å²) in [4.78, 5) is 12.2. The number of benzene rings is 2. The first-order valence-corrected chi connectivity index (χ1v) is 9.09. The number of aryl methyl sites for hydroxylation is 1. The van der Waals surface area contributed by atoms with Crippen LogP contribution in [-0.4, -0.2) is 45.1 Å². The SMILES string of the molecule is COc1ccc(CNC(=O)NC[C@H](OCCO)c2ccc(C)cc2)cc1OC. The molecule has 0 spiro atoms. The van der Waals surface area contributed by atoms with Crippen molar-refractivity contribution in [2.24, 2.45) is 0 Å². The van der Waals surface area contributed by atoms with Gasteiger partial charge in [-0.05, 0) is 30.2 Å². The predicted octanol–water partition coefficient (Wildman–Crippen LogP) is 2.56. The Morgan fingerprint density at radius 1 is 1.04 bits per heavy atom. The number of amides is 2. The van der Waals surface area contributed by atoms with Crippen LogP contribution in [-0.2, 0) is 11.3 Å². The van der Waals surface area contributed by atoms with E-state index in [1.807, 2.05) is 43.3 Å². The van der Waals surface area contributed by atoms with Crippen LogP contribution in [0.2, 0.25) is 0 Å². The lowest BCUT2D eigenvalue weighted by Gasteiger charge is -2.19. The van der Waals surface area contributed by atoms with E-state index in [1.54, 1.807) is 20.3 Å². The van der Waals surface area contributed by atoms with Gasteiger partial charge >= 0.3 is 6.03 Å². The third kappa shape index (κ3) is 6.44. The summed E-state index contributed by atoms with van der Waals surface area (Å²) in [6, 6.07) is 13.1. The number of urea groups is 1. The van der Waals surface area contributed by atoms with Crippen LogP contribution in [0.1, 0.15) is 22.8 Å². The first-order chi connectivity index (χ1) is 13.6. The highest BCUT2D eigenvalue weighted by molar-refractivity contribution is 5.73. The van der Waals surface area contributed by atoms with E-state index >= 15 is 0 Å². The van der Waals surface area contributed by atoms with Gasteiger partial charge in [0.25, 0.3) is 0 Å². The van der Waals surface area contributed by atoms with Gasteiger partial charge in [-0.1, -0.05) is 35.9 Å². The van der Waals surface area contributed by atoms with Crippen LogP contribution in [0.3, 0.4) is 0 Å². The van der Waals surface area contributed by atoms with Gasteiger partial charge in [0.15, 0.2) is 11.5 Å². The molecule has 0 radical (unpaired) electrons. The number of hydrogen-bond donors (Lipinski definition) is 3. The average Bonchev–Trinajstić information content (AvgIpc) is 2.72. The molecule has 2 amide bonds. The van der Waals surface area contributed by atoms with E-state index in [0.717, 1.165) is 16.7 Å². The summed E-state index contributed by atoms with van der Waals surface area (Å²) in [5.74, 6) is 1.25. The standard InChI is InChI=1S/C21H28N2O5/c1-15-4-7-17(8-5-15)20(28-11-10-24)14-23-21(25)22-13-16-6-9-18(26-2)19(12-16)27-3/h4-9,12,20,24H,10-11,13-14H2,1-3H3,(H2,22,23,25)/t20-/m0/s1. The lowest BCUT2D eigenvalue weighted by atomic mass is 10.1. The average molecular weight is 388 g/mol. The van der Waals surface area contributed by atoms with E-state index in [0.29, 0.717) is 24.6 Å². The number of aliphatic hydroxyl groups is 1. The number of nitrogens with one attached hydrogen (secondary N) is 2. The maximum absolute atomic E-state index is 12.2. The fraction of sp³-hybridized carbons (Fsp3) is 0.381. The Morgan fingerprint density at radius 2 is 1.75 bits per heavy atom. The molecule has 7 heteroatoms. The summed E-state index contributed by atoms with van der Waals surface area (Å²) >= 11 is 0. The van der Waals surface area contributed by atoms with Gasteiger partial charge in [0.1, 0.15) is 0 Å². The minimum atomic E-state index is -0.334. The quantitative estimate of drug-likeness (QED) is 0.582. The van der Waals surface area contributed by atoms with Gasteiger partial charge in [0.2, 0.25) is 0 Å². The third-order valence-corrected chi connectivity index (χ3v) is 4.21. The molecule has 0 aromatic heterocycles. The molecule has 3 N–H and O–H groups in total. The predicted molar refractivity (Wildman–Crippen MR) is 107 cm³/mol. The van der Waals surface area contributed by atoms with Crippen LogP contribution in [0, 0.1) is 6.92 Å². The maximum Gasteiger partial charge on any atom is 0.315 e. The van der Waals surface area contributed by atoms with Crippen molar-refractivity contribution in [3.63, 3.8) is 0 Å². The lowest BCUT2D eigenvalue weighted by Crippen LogP contribution is -2.38. The zero-order valence-electron chi connectivity index (χ0n) is 16.5. The highest BCUT2D eigenvalue weighted by Gasteiger charge is 2.14. The highest BCUT2D eigenvalue weighted by atomic mass is 16.5. The van der Waals surface area contributed by atoms with E-state index in [1.165, 1.54) is 0 Å². The molecule has 2 aromatic carbocycles. The molecular weight excluding hydrogens is 360 g/mol. The summed E-state index contributed by atoms with van der Waals surface area (Å²) < 4.78 is 16.1. The highest BCUT2D eigenvalue weighted by Crippen LogP contribution is 2.27. The monoisotopic (exact) mass is 388 g/mol.